The van der Waals surface area contributed by atoms with E-state index < -0.39 is 0 Å². The fraction of sp³-hybridized carbons (Fsp3) is 0.667. The maximum absolute atomic E-state index is 4.30. The van der Waals surface area contributed by atoms with Crippen LogP contribution in [0.15, 0.2) is 10.8 Å². The highest BCUT2D eigenvalue weighted by molar-refractivity contribution is 9.10. The Morgan fingerprint density at radius 1 is 1.44 bits per heavy atom. The van der Waals surface area contributed by atoms with Crippen molar-refractivity contribution < 1.29 is 0 Å². The second-order valence-electron chi connectivity index (χ2n) is 4.51. The minimum Gasteiger partial charge on any atom is -0.372 e. The molecule has 1 unspecified atom stereocenters. The van der Waals surface area contributed by atoms with Gasteiger partial charge in [0.1, 0.15) is 22.4 Å². The van der Waals surface area contributed by atoms with Gasteiger partial charge in [-0.2, -0.15) is 0 Å². The molecule has 100 valence electrons. The van der Waals surface area contributed by atoms with E-state index in [1.165, 1.54) is 19.4 Å². The van der Waals surface area contributed by atoms with E-state index in [9.17, 15) is 0 Å². The summed E-state index contributed by atoms with van der Waals surface area (Å²) in [6.45, 7) is 5.62. The van der Waals surface area contributed by atoms with Crippen LogP contribution in [-0.4, -0.2) is 47.6 Å². The molecule has 0 saturated carbocycles. The minimum absolute atomic E-state index is 0.467. The molecule has 0 aliphatic carbocycles. The Labute approximate surface area is 117 Å². The molecule has 1 aliphatic rings. The van der Waals surface area contributed by atoms with Crippen molar-refractivity contribution in [3.63, 3.8) is 0 Å². The van der Waals surface area contributed by atoms with Gasteiger partial charge >= 0.3 is 0 Å². The zero-order valence-electron chi connectivity index (χ0n) is 10.9. The molecule has 1 fully saturated rings. The molecule has 0 spiro atoms. The third kappa shape index (κ3) is 3.11. The number of likely N-dealkylation sites (tertiary alicyclic amines) is 1. The lowest BCUT2D eigenvalue weighted by Gasteiger charge is -2.32. The van der Waals surface area contributed by atoms with Gasteiger partial charge in [0.05, 0.1) is 0 Å². The summed E-state index contributed by atoms with van der Waals surface area (Å²) in [5.41, 5.74) is 0. The van der Waals surface area contributed by atoms with E-state index in [1.54, 1.807) is 6.33 Å². The molecule has 18 heavy (non-hydrogen) atoms. The average molecular weight is 314 g/mol. The summed E-state index contributed by atoms with van der Waals surface area (Å²) in [5, 5.41) is 6.55. The van der Waals surface area contributed by atoms with Crippen molar-refractivity contribution in [1.82, 2.24) is 14.9 Å². The predicted octanol–water partition coefficient (Wildman–Crippen LogP) is 2.18. The van der Waals surface area contributed by atoms with Crippen LogP contribution in [0.5, 0.6) is 0 Å². The zero-order valence-corrected chi connectivity index (χ0v) is 12.5. The van der Waals surface area contributed by atoms with Gasteiger partial charge in [-0.15, -0.1) is 0 Å². The lowest BCUT2D eigenvalue weighted by Crippen LogP contribution is -2.42. The zero-order chi connectivity index (χ0) is 13.0. The first kappa shape index (κ1) is 13.5. The Bertz CT molecular complexity index is 398. The maximum atomic E-state index is 4.30. The molecule has 0 radical (unpaired) electrons. The van der Waals surface area contributed by atoms with E-state index in [1.807, 2.05) is 7.05 Å². The minimum atomic E-state index is 0.467. The van der Waals surface area contributed by atoms with Gasteiger partial charge in [-0.1, -0.05) is 6.92 Å². The Morgan fingerprint density at radius 2 is 2.22 bits per heavy atom. The topological polar surface area (TPSA) is 53.1 Å². The van der Waals surface area contributed by atoms with Gasteiger partial charge in [0.25, 0.3) is 0 Å². The molecule has 0 bridgehead atoms. The lowest BCUT2D eigenvalue weighted by molar-refractivity contribution is 0.226. The quantitative estimate of drug-likeness (QED) is 0.892. The molecule has 2 N–H and O–H groups in total. The first-order chi connectivity index (χ1) is 8.74. The Hall–Kier alpha value is -0.880. The number of halogens is 1. The second kappa shape index (κ2) is 6.33. The summed E-state index contributed by atoms with van der Waals surface area (Å²) in [6.07, 6.45) is 4.02. The molecule has 2 rings (SSSR count). The summed E-state index contributed by atoms with van der Waals surface area (Å²) in [4.78, 5) is 10.9. The summed E-state index contributed by atoms with van der Waals surface area (Å²) in [7, 11) is 1.86. The Balaban J connectivity index is 2.04. The van der Waals surface area contributed by atoms with Crippen molar-refractivity contribution in [2.75, 3.05) is 37.3 Å². The number of nitrogens with one attached hydrogen (secondary N) is 2. The van der Waals surface area contributed by atoms with Crippen molar-refractivity contribution in [3.05, 3.63) is 10.8 Å². The van der Waals surface area contributed by atoms with Gasteiger partial charge in [0.15, 0.2) is 0 Å². The predicted molar refractivity (Wildman–Crippen MR) is 78.0 cm³/mol. The normalized spacial score (nSPS) is 20.7. The van der Waals surface area contributed by atoms with Crippen LogP contribution in [0.4, 0.5) is 11.6 Å². The standard InChI is InChI=1S/C12H20BrN5/c1-3-18-6-4-5-9(7-18)17-12-10(13)11(14-2)15-8-16-12/h8-9H,3-7H2,1-2H3,(H2,14,15,16,17). The van der Waals surface area contributed by atoms with Gasteiger partial charge in [0, 0.05) is 19.6 Å². The third-order valence-corrected chi connectivity index (χ3v) is 4.07. The van der Waals surface area contributed by atoms with Crippen molar-refractivity contribution in [1.29, 1.82) is 0 Å². The lowest BCUT2D eigenvalue weighted by atomic mass is 10.1. The van der Waals surface area contributed by atoms with Crippen LogP contribution in [-0.2, 0) is 0 Å². The number of likely N-dealkylation sites (N-methyl/N-ethyl adjacent to an activating group) is 1. The van der Waals surface area contributed by atoms with Crippen LogP contribution in [0.2, 0.25) is 0 Å². The molecule has 1 atom stereocenters. The van der Waals surface area contributed by atoms with Crippen LogP contribution in [0.25, 0.3) is 0 Å². The first-order valence-electron chi connectivity index (χ1n) is 6.41. The molecule has 5 nitrogen and oxygen atoms in total. The van der Waals surface area contributed by atoms with Crippen LogP contribution in [0.1, 0.15) is 19.8 Å². The van der Waals surface area contributed by atoms with Crippen LogP contribution in [0.3, 0.4) is 0 Å². The van der Waals surface area contributed by atoms with Crippen LogP contribution < -0.4 is 10.6 Å². The van der Waals surface area contributed by atoms with Crippen molar-refractivity contribution >= 4 is 27.6 Å². The number of aromatic nitrogens is 2. The number of anilines is 2. The molecular weight excluding hydrogens is 294 g/mol. The van der Waals surface area contributed by atoms with Crippen LogP contribution >= 0.6 is 15.9 Å². The Kier molecular flexibility index (Phi) is 4.77. The van der Waals surface area contributed by atoms with Crippen molar-refractivity contribution in [2.45, 2.75) is 25.8 Å². The molecule has 1 aromatic rings. The smallest absolute Gasteiger partial charge is 0.146 e. The number of hydrogen-bond acceptors (Lipinski definition) is 5. The highest BCUT2D eigenvalue weighted by Gasteiger charge is 2.20. The molecule has 1 saturated heterocycles. The van der Waals surface area contributed by atoms with Crippen LogP contribution in [0, 0.1) is 0 Å². The summed E-state index contributed by atoms with van der Waals surface area (Å²) < 4.78 is 0.904. The fourth-order valence-electron chi connectivity index (χ4n) is 2.30. The highest BCUT2D eigenvalue weighted by atomic mass is 79.9. The third-order valence-electron chi connectivity index (χ3n) is 3.32. The number of hydrogen-bond donors (Lipinski definition) is 2. The number of nitrogens with zero attached hydrogens (tertiary/aromatic N) is 3. The number of rotatable bonds is 4. The second-order valence-corrected chi connectivity index (χ2v) is 5.30. The number of piperidine rings is 1. The molecule has 1 aromatic heterocycles. The van der Waals surface area contributed by atoms with E-state index in [2.05, 4.69) is 48.4 Å². The largest absolute Gasteiger partial charge is 0.372 e. The highest BCUT2D eigenvalue weighted by Crippen LogP contribution is 2.27. The SMILES string of the molecule is CCN1CCCC(Nc2ncnc(NC)c2Br)C1. The average Bonchev–Trinajstić information content (AvgIpc) is 2.41. The van der Waals surface area contributed by atoms with Gasteiger partial charge in [-0.25, -0.2) is 9.97 Å². The summed E-state index contributed by atoms with van der Waals surface area (Å²) >= 11 is 3.54. The van der Waals surface area contributed by atoms with Gasteiger partial charge in [-0.3, -0.25) is 0 Å². The van der Waals surface area contributed by atoms with E-state index in [4.69, 9.17) is 0 Å². The van der Waals surface area contributed by atoms with Gasteiger partial charge < -0.3 is 15.5 Å². The molecule has 6 heteroatoms. The van der Waals surface area contributed by atoms with E-state index >= 15 is 0 Å². The van der Waals surface area contributed by atoms with Crippen molar-refractivity contribution in [2.24, 2.45) is 0 Å². The Morgan fingerprint density at radius 3 is 2.94 bits per heavy atom. The first-order valence-corrected chi connectivity index (χ1v) is 7.21. The maximum Gasteiger partial charge on any atom is 0.146 e. The molecule has 0 aromatic carbocycles. The summed E-state index contributed by atoms with van der Waals surface area (Å²) in [6, 6.07) is 0.467. The van der Waals surface area contributed by atoms with Crippen molar-refractivity contribution in [3.8, 4) is 0 Å². The molecular formula is C12H20BrN5. The van der Waals surface area contributed by atoms with E-state index in [-0.39, 0.29) is 0 Å². The molecule has 2 heterocycles. The summed E-state index contributed by atoms with van der Waals surface area (Å²) in [5.74, 6) is 1.69. The van der Waals surface area contributed by atoms with Gasteiger partial charge in [-0.05, 0) is 41.9 Å². The van der Waals surface area contributed by atoms with E-state index in [0.717, 1.165) is 29.2 Å². The fourth-order valence-corrected chi connectivity index (χ4v) is 2.82. The monoisotopic (exact) mass is 313 g/mol. The van der Waals surface area contributed by atoms with E-state index in [0.29, 0.717) is 6.04 Å². The molecule has 1 aliphatic heterocycles. The molecule has 0 amide bonds. The van der Waals surface area contributed by atoms with Gasteiger partial charge in [0.2, 0.25) is 0 Å².